The number of rotatable bonds is 4. The van der Waals surface area contributed by atoms with E-state index >= 15 is 0 Å². The number of guanidine groups is 1. The molecule has 2 aliphatic heterocycles. The maximum absolute atomic E-state index is 5.67. The molecule has 1 N–H and O–H groups in total. The molecular formula is C21H34IN3O. The minimum Gasteiger partial charge on any atom is -0.381 e. The molecule has 0 amide bonds. The Morgan fingerprint density at radius 3 is 2.73 bits per heavy atom. The maximum atomic E-state index is 5.67. The van der Waals surface area contributed by atoms with Gasteiger partial charge in [-0.05, 0) is 37.8 Å². The average molecular weight is 471 g/mol. The molecule has 1 spiro atoms. The van der Waals surface area contributed by atoms with Gasteiger partial charge in [-0.15, -0.1) is 24.0 Å². The third kappa shape index (κ3) is 4.71. The summed E-state index contributed by atoms with van der Waals surface area (Å²) in [6, 6.07) is 8.66. The summed E-state index contributed by atoms with van der Waals surface area (Å²) < 4.78 is 5.67. The Kier molecular flexibility index (Phi) is 7.36. The third-order valence-corrected chi connectivity index (χ3v) is 5.76. The van der Waals surface area contributed by atoms with Crippen molar-refractivity contribution in [3.8, 4) is 0 Å². The van der Waals surface area contributed by atoms with Gasteiger partial charge >= 0.3 is 0 Å². The molecule has 2 aliphatic rings. The quantitative estimate of drug-likeness (QED) is 0.410. The van der Waals surface area contributed by atoms with Crippen LogP contribution in [0.15, 0.2) is 29.3 Å². The first-order valence-electron chi connectivity index (χ1n) is 9.63. The van der Waals surface area contributed by atoms with Crippen molar-refractivity contribution < 1.29 is 4.74 Å². The number of ether oxygens (including phenoxy) is 1. The number of benzene rings is 1. The number of nitrogens with zero attached hydrogens (tertiary/aromatic N) is 2. The van der Waals surface area contributed by atoms with Crippen molar-refractivity contribution in [3.63, 3.8) is 0 Å². The van der Waals surface area contributed by atoms with Crippen LogP contribution in [0.25, 0.3) is 0 Å². The Morgan fingerprint density at radius 1 is 1.31 bits per heavy atom. The standard InChI is InChI=1S/C21H33N3O.HI/c1-5-22-19(24-12-10-21(15-24)11-13-25-16-21)23-14-20(3,4)18-9-7-6-8-17(18)2;/h6-9H,5,10-16H2,1-4H3,(H,22,23);1H. The number of aryl methyl sites for hydroxylation is 1. The highest BCUT2D eigenvalue weighted by Crippen LogP contribution is 2.38. The second-order valence-electron chi connectivity index (χ2n) is 8.34. The van der Waals surface area contributed by atoms with E-state index in [0.717, 1.165) is 45.4 Å². The van der Waals surface area contributed by atoms with Crippen LogP contribution in [-0.2, 0) is 10.2 Å². The summed E-state index contributed by atoms with van der Waals surface area (Å²) in [5, 5.41) is 3.50. The third-order valence-electron chi connectivity index (χ3n) is 5.76. The Balaban J connectivity index is 0.00000243. The Bertz CT molecular complexity index is 623. The van der Waals surface area contributed by atoms with Gasteiger partial charge in [-0.3, -0.25) is 4.99 Å². The predicted molar refractivity (Wildman–Crippen MR) is 120 cm³/mol. The molecule has 3 rings (SSSR count). The second-order valence-corrected chi connectivity index (χ2v) is 8.34. The molecule has 0 bridgehead atoms. The van der Waals surface area contributed by atoms with Crippen LogP contribution in [0.1, 0.15) is 44.7 Å². The SMILES string of the molecule is CCNC(=NCC(C)(C)c1ccccc1C)N1CCC2(CCOC2)C1.I. The lowest BCUT2D eigenvalue weighted by atomic mass is 9.82. The fourth-order valence-corrected chi connectivity index (χ4v) is 4.20. The Hall–Kier alpha value is -0.820. The summed E-state index contributed by atoms with van der Waals surface area (Å²) in [6.45, 7) is 14.6. The fourth-order valence-electron chi connectivity index (χ4n) is 4.20. The van der Waals surface area contributed by atoms with Crippen molar-refractivity contribution in [1.82, 2.24) is 10.2 Å². The van der Waals surface area contributed by atoms with E-state index in [-0.39, 0.29) is 29.4 Å². The first-order chi connectivity index (χ1) is 12.0. The van der Waals surface area contributed by atoms with E-state index in [2.05, 4.69) is 62.2 Å². The van der Waals surface area contributed by atoms with Gasteiger partial charge in [0.05, 0.1) is 13.2 Å². The minimum atomic E-state index is 0. The van der Waals surface area contributed by atoms with Gasteiger partial charge in [0, 0.05) is 37.1 Å². The number of nitrogens with one attached hydrogen (secondary N) is 1. The fraction of sp³-hybridized carbons (Fsp3) is 0.667. The van der Waals surface area contributed by atoms with Crippen LogP contribution in [0.5, 0.6) is 0 Å². The number of hydrogen-bond acceptors (Lipinski definition) is 2. The zero-order valence-corrected chi connectivity index (χ0v) is 19.0. The van der Waals surface area contributed by atoms with Crippen molar-refractivity contribution in [2.75, 3.05) is 39.4 Å². The highest BCUT2D eigenvalue weighted by atomic mass is 127. The highest BCUT2D eigenvalue weighted by molar-refractivity contribution is 14.0. The maximum Gasteiger partial charge on any atom is 0.193 e. The number of aliphatic imine (C=N–C) groups is 1. The zero-order chi connectivity index (χ0) is 17.9. The molecule has 0 radical (unpaired) electrons. The molecule has 2 heterocycles. The van der Waals surface area contributed by atoms with Gasteiger partial charge in [0.15, 0.2) is 5.96 Å². The molecule has 1 atom stereocenters. The van der Waals surface area contributed by atoms with E-state index in [4.69, 9.17) is 9.73 Å². The van der Waals surface area contributed by atoms with E-state index in [1.807, 2.05) is 0 Å². The number of hydrogen-bond donors (Lipinski definition) is 1. The van der Waals surface area contributed by atoms with Crippen LogP contribution in [0.4, 0.5) is 0 Å². The van der Waals surface area contributed by atoms with Crippen LogP contribution >= 0.6 is 24.0 Å². The highest BCUT2D eigenvalue weighted by Gasteiger charge is 2.42. The lowest BCUT2D eigenvalue weighted by Gasteiger charge is -2.28. The summed E-state index contributed by atoms with van der Waals surface area (Å²) in [6.07, 6.45) is 2.41. The van der Waals surface area contributed by atoms with E-state index in [0.29, 0.717) is 5.41 Å². The van der Waals surface area contributed by atoms with Gasteiger partial charge in [0.1, 0.15) is 0 Å². The van der Waals surface area contributed by atoms with Gasteiger partial charge in [-0.25, -0.2) is 0 Å². The number of likely N-dealkylation sites (tertiary alicyclic amines) is 1. The molecule has 5 heteroatoms. The molecule has 0 aliphatic carbocycles. The molecule has 1 unspecified atom stereocenters. The summed E-state index contributed by atoms with van der Waals surface area (Å²) in [5.74, 6) is 1.06. The van der Waals surface area contributed by atoms with E-state index in [1.165, 1.54) is 24.0 Å². The summed E-state index contributed by atoms with van der Waals surface area (Å²) in [5.41, 5.74) is 3.12. The topological polar surface area (TPSA) is 36.9 Å². The molecule has 26 heavy (non-hydrogen) atoms. The van der Waals surface area contributed by atoms with Crippen LogP contribution in [0.2, 0.25) is 0 Å². The largest absolute Gasteiger partial charge is 0.381 e. The van der Waals surface area contributed by atoms with Crippen molar-refractivity contribution >= 4 is 29.9 Å². The minimum absolute atomic E-state index is 0. The molecule has 146 valence electrons. The molecule has 0 saturated carbocycles. The monoisotopic (exact) mass is 471 g/mol. The Labute approximate surface area is 175 Å². The average Bonchev–Trinajstić information content (AvgIpc) is 3.22. The van der Waals surface area contributed by atoms with E-state index in [9.17, 15) is 0 Å². The number of halogens is 1. The van der Waals surface area contributed by atoms with Crippen LogP contribution in [0, 0.1) is 12.3 Å². The van der Waals surface area contributed by atoms with Gasteiger partial charge < -0.3 is 15.0 Å². The second kappa shape index (κ2) is 8.91. The van der Waals surface area contributed by atoms with Crippen molar-refractivity contribution in [2.45, 2.75) is 46.0 Å². The molecular weight excluding hydrogens is 437 g/mol. The first kappa shape index (κ1) is 21.5. The first-order valence-corrected chi connectivity index (χ1v) is 9.63. The van der Waals surface area contributed by atoms with Gasteiger partial charge in [-0.1, -0.05) is 38.1 Å². The predicted octanol–water partition coefficient (Wildman–Crippen LogP) is 3.97. The van der Waals surface area contributed by atoms with Gasteiger partial charge in [-0.2, -0.15) is 0 Å². The van der Waals surface area contributed by atoms with Crippen molar-refractivity contribution in [2.24, 2.45) is 10.4 Å². The molecule has 2 saturated heterocycles. The lowest BCUT2D eigenvalue weighted by Crippen LogP contribution is -2.42. The molecule has 1 aromatic rings. The summed E-state index contributed by atoms with van der Waals surface area (Å²) in [7, 11) is 0. The summed E-state index contributed by atoms with van der Waals surface area (Å²) in [4.78, 5) is 7.47. The normalized spacial score (nSPS) is 23.4. The van der Waals surface area contributed by atoms with Crippen molar-refractivity contribution in [1.29, 1.82) is 0 Å². The molecule has 2 fully saturated rings. The van der Waals surface area contributed by atoms with E-state index < -0.39 is 0 Å². The van der Waals surface area contributed by atoms with Crippen LogP contribution in [-0.4, -0.2) is 50.3 Å². The lowest BCUT2D eigenvalue weighted by molar-refractivity contribution is 0.156. The Morgan fingerprint density at radius 2 is 2.08 bits per heavy atom. The zero-order valence-electron chi connectivity index (χ0n) is 16.7. The smallest absolute Gasteiger partial charge is 0.193 e. The molecule has 1 aromatic carbocycles. The van der Waals surface area contributed by atoms with E-state index in [1.54, 1.807) is 0 Å². The van der Waals surface area contributed by atoms with Gasteiger partial charge in [0.25, 0.3) is 0 Å². The molecule has 4 nitrogen and oxygen atoms in total. The summed E-state index contributed by atoms with van der Waals surface area (Å²) >= 11 is 0. The van der Waals surface area contributed by atoms with Crippen LogP contribution in [0.3, 0.4) is 0 Å². The van der Waals surface area contributed by atoms with Crippen molar-refractivity contribution in [3.05, 3.63) is 35.4 Å². The van der Waals surface area contributed by atoms with Gasteiger partial charge in [0.2, 0.25) is 0 Å². The van der Waals surface area contributed by atoms with Crippen LogP contribution < -0.4 is 5.32 Å². The molecule has 0 aromatic heterocycles.